The molecule has 4 rings (SSSR count). The fourth-order valence-corrected chi connectivity index (χ4v) is 4.67. The molecule has 1 aromatic carbocycles. The summed E-state index contributed by atoms with van der Waals surface area (Å²) >= 11 is 0. The second-order valence-electron chi connectivity index (χ2n) is 9.03. The SMILES string of the molecule is CCOc1ccc(CCNC(=O)[C@@H]2CCCN(c3nc(C)nc4oc(C)c(C)c34)C2)cc1OCC. The van der Waals surface area contributed by atoms with Crippen molar-refractivity contribution < 1.29 is 18.7 Å². The number of ether oxygens (including phenoxy) is 2. The zero-order valence-corrected chi connectivity index (χ0v) is 21.4. The first kappa shape index (κ1) is 24.8. The van der Waals surface area contributed by atoms with Gasteiger partial charge in [0.1, 0.15) is 17.4 Å². The Balaban J connectivity index is 1.39. The molecule has 1 amide bonds. The Hall–Kier alpha value is -3.29. The third-order valence-corrected chi connectivity index (χ3v) is 6.53. The van der Waals surface area contributed by atoms with E-state index in [0.717, 1.165) is 65.4 Å². The van der Waals surface area contributed by atoms with Gasteiger partial charge >= 0.3 is 0 Å². The Bertz CT molecular complexity index is 1190. The number of hydrogen-bond acceptors (Lipinski definition) is 7. The Kier molecular flexibility index (Phi) is 7.78. The molecule has 188 valence electrons. The zero-order chi connectivity index (χ0) is 24.9. The number of aromatic nitrogens is 2. The Morgan fingerprint density at radius 3 is 2.69 bits per heavy atom. The van der Waals surface area contributed by atoms with Gasteiger partial charge in [0.05, 0.1) is 24.5 Å². The number of furan rings is 1. The van der Waals surface area contributed by atoms with Gasteiger partial charge in [-0.15, -0.1) is 0 Å². The highest BCUT2D eigenvalue weighted by molar-refractivity contribution is 5.90. The van der Waals surface area contributed by atoms with E-state index in [4.69, 9.17) is 18.9 Å². The van der Waals surface area contributed by atoms with Crippen LogP contribution in [0.5, 0.6) is 11.5 Å². The van der Waals surface area contributed by atoms with Crippen LogP contribution in [0.3, 0.4) is 0 Å². The molecule has 1 aliphatic rings. The average Bonchev–Trinajstić information content (AvgIpc) is 3.13. The second kappa shape index (κ2) is 11.0. The van der Waals surface area contributed by atoms with Gasteiger partial charge in [-0.3, -0.25) is 4.79 Å². The van der Waals surface area contributed by atoms with E-state index in [2.05, 4.69) is 15.2 Å². The van der Waals surface area contributed by atoms with Gasteiger partial charge in [-0.1, -0.05) is 6.07 Å². The van der Waals surface area contributed by atoms with Crippen LogP contribution in [0.15, 0.2) is 22.6 Å². The highest BCUT2D eigenvalue weighted by Gasteiger charge is 2.29. The molecule has 1 aliphatic heterocycles. The second-order valence-corrected chi connectivity index (χ2v) is 9.03. The lowest BCUT2D eigenvalue weighted by atomic mass is 9.96. The molecule has 0 aliphatic carbocycles. The monoisotopic (exact) mass is 480 g/mol. The Morgan fingerprint density at radius 2 is 1.91 bits per heavy atom. The summed E-state index contributed by atoms with van der Waals surface area (Å²) in [5.74, 6) is 3.91. The largest absolute Gasteiger partial charge is 0.490 e. The standard InChI is InChI=1S/C27H36N4O4/c1-6-33-22-11-10-20(15-23(22)34-7-2)12-13-28-26(32)21-9-8-14-31(16-21)25-24-17(3)18(4)35-27(24)30-19(5)29-25/h10-11,15,21H,6-9,12-14,16H2,1-5H3,(H,28,32)/t21-/m1/s1. The van der Waals surface area contributed by atoms with Gasteiger partial charge < -0.3 is 24.1 Å². The van der Waals surface area contributed by atoms with Gasteiger partial charge in [-0.25, -0.2) is 4.98 Å². The number of carbonyl (C=O) groups excluding carboxylic acids is 1. The summed E-state index contributed by atoms with van der Waals surface area (Å²) in [6.45, 7) is 13.0. The molecular formula is C27H36N4O4. The number of rotatable bonds is 9. The van der Waals surface area contributed by atoms with Crippen molar-refractivity contribution in [2.45, 2.75) is 53.9 Å². The number of amides is 1. The summed E-state index contributed by atoms with van der Waals surface area (Å²) < 4.78 is 17.2. The molecule has 35 heavy (non-hydrogen) atoms. The molecule has 1 atom stereocenters. The summed E-state index contributed by atoms with van der Waals surface area (Å²) in [5.41, 5.74) is 2.78. The first-order valence-corrected chi connectivity index (χ1v) is 12.6. The number of piperidine rings is 1. The van der Waals surface area contributed by atoms with Crippen LogP contribution in [-0.4, -0.2) is 48.7 Å². The number of anilines is 1. The van der Waals surface area contributed by atoms with Crippen LogP contribution in [0.1, 0.15) is 49.4 Å². The highest BCUT2D eigenvalue weighted by Crippen LogP contribution is 2.33. The lowest BCUT2D eigenvalue weighted by Gasteiger charge is -2.33. The molecule has 1 saturated heterocycles. The molecule has 0 saturated carbocycles. The van der Waals surface area contributed by atoms with E-state index in [9.17, 15) is 4.79 Å². The maximum absolute atomic E-state index is 13.0. The van der Waals surface area contributed by atoms with Crippen molar-refractivity contribution >= 4 is 22.8 Å². The number of nitrogens with zero attached hydrogens (tertiary/aromatic N) is 3. The summed E-state index contributed by atoms with van der Waals surface area (Å²) in [5, 5.41) is 4.09. The quantitative estimate of drug-likeness (QED) is 0.482. The number of hydrogen-bond donors (Lipinski definition) is 1. The van der Waals surface area contributed by atoms with Crippen LogP contribution in [0.4, 0.5) is 5.82 Å². The van der Waals surface area contributed by atoms with Crippen LogP contribution in [0, 0.1) is 26.7 Å². The minimum Gasteiger partial charge on any atom is -0.490 e. The molecule has 0 unspecified atom stereocenters. The van der Waals surface area contributed by atoms with Gasteiger partial charge in [0, 0.05) is 25.2 Å². The fourth-order valence-electron chi connectivity index (χ4n) is 4.67. The van der Waals surface area contributed by atoms with Crippen molar-refractivity contribution in [2.24, 2.45) is 5.92 Å². The number of aryl methyl sites for hydroxylation is 3. The summed E-state index contributed by atoms with van der Waals surface area (Å²) in [7, 11) is 0. The number of carbonyl (C=O) groups is 1. The number of benzene rings is 1. The zero-order valence-electron chi connectivity index (χ0n) is 21.4. The molecular weight excluding hydrogens is 444 g/mol. The van der Waals surface area contributed by atoms with Gasteiger partial charge in [-0.05, 0) is 71.6 Å². The van der Waals surface area contributed by atoms with Crippen LogP contribution < -0.4 is 19.7 Å². The maximum Gasteiger partial charge on any atom is 0.231 e. The fraction of sp³-hybridized carbons (Fsp3) is 0.519. The average molecular weight is 481 g/mol. The van der Waals surface area contributed by atoms with Crippen LogP contribution in [0.25, 0.3) is 11.1 Å². The molecule has 2 aromatic heterocycles. The molecule has 1 N–H and O–H groups in total. The lowest BCUT2D eigenvalue weighted by molar-refractivity contribution is -0.125. The van der Waals surface area contributed by atoms with Gasteiger partial charge in [-0.2, -0.15) is 4.98 Å². The smallest absolute Gasteiger partial charge is 0.231 e. The number of fused-ring (bicyclic) bond motifs is 1. The van der Waals surface area contributed by atoms with E-state index in [-0.39, 0.29) is 11.8 Å². The number of nitrogens with one attached hydrogen (secondary N) is 1. The van der Waals surface area contributed by atoms with E-state index in [1.807, 2.05) is 52.8 Å². The van der Waals surface area contributed by atoms with Crippen molar-refractivity contribution in [1.82, 2.24) is 15.3 Å². The summed E-state index contributed by atoms with van der Waals surface area (Å²) in [6, 6.07) is 5.97. The molecule has 0 spiro atoms. The summed E-state index contributed by atoms with van der Waals surface area (Å²) in [4.78, 5) is 24.5. The molecule has 3 aromatic rings. The molecule has 8 heteroatoms. The molecule has 3 heterocycles. The molecule has 0 bridgehead atoms. The predicted molar refractivity (Wildman–Crippen MR) is 136 cm³/mol. The minimum atomic E-state index is -0.0818. The van der Waals surface area contributed by atoms with Gasteiger partial charge in [0.25, 0.3) is 0 Å². The topological polar surface area (TPSA) is 89.7 Å². The Labute approximate surface area is 207 Å². The van der Waals surface area contributed by atoms with Gasteiger partial charge in [0.2, 0.25) is 11.6 Å². The normalized spacial score (nSPS) is 15.9. The first-order valence-electron chi connectivity index (χ1n) is 12.6. The van der Waals surface area contributed by atoms with Gasteiger partial charge in [0.15, 0.2) is 11.5 Å². The maximum atomic E-state index is 13.0. The predicted octanol–water partition coefficient (Wildman–Crippen LogP) is 4.52. The third-order valence-electron chi connectivity index (χ3n) is 6.53. The lowest BCUT2D eigenvalue weighted by Crippen LogP contribution is -2.44. The van der Waals surface area contributed by atoms with Crippen molar-refractivity contribution in [3.63, 3.8) is 0 Å². The van der Waals surface area contributed by atoms with E-state index in [1.165, 1.54) is 0 Å². The molecule has 8 nitrogen and oxygen atoms in total. The third kappa shape index (κ3) is 5.52. The van der Waals surface area contributed by atoms with Crippen LogP contribution in [0.2, 0.25) is 0 Å². The van der Waals surface area contributed by atoms with E-state index in [1.54, 1.807) is 0 Å². The molecule has 1 fully saturated rings. The van der Waals surface area contributed by atoms with E-state index in [0.29, 0.717) is 37.8 Å². The van der Waals surface area contributed by atoms with Crippen LogP contribution in [-0.2, 0) is 11.2 Å². The van der Waals surface area contributed by atoms with Crippen molar-refractivity contribution in [3.05, 3.63) is 40.9 Å². The summed E-state index contributed by atoms with van der Waals surface area (Å²) in [6.07, 6.45) is 2.54. The first-order chi connectivity index (χ1) is 16.9. The van der Waals surface area contributed by atoms with E-state index < -0.39 is 0 Å². The van der Waals surface area contributed by atoms with Crippen LogP contribution >= 0.6 is 0 Å². The van der Waals surface area contributed by atoms with Crippen molar-refractivity contribution in [3.8, 4) is 11.5 Å². The van der Waals surface area contributed by atoms with Crippen molar-refractivity contribution in [1.29, 1.82) is 0 Å². The van der Waals surface area contributed by atoms with Crippen molar-refractivity contribution in [2.75, 3.05) is 37.7 Å². The highest BCUT2D eigenvalue weighted by atomic mass is 16.5. The van der Waals surface area contributed by atoms with E-state index >= 15 is 0 Å². The minimum absolute atomic E-state index is 0.0818. The molecule has 0 radical (unpaired) electrons. The Morgan fingerprint density at radius 1 is 1.14 bits per heavy atom.